The summed E-state index contributed by atoms with van der Waals surface area (Å²) in [5.74, 6) is 0.476. The molecule has 4 nitrogen and oxygen atoms in total. The summed E-state index contributed by atoms with van der Waals surface area (Å²) < 4.78 is 1.88. The average Bonchev–Trinajstić information content (AvgIpc) is 2.64. The van der Waals surface area contributed by atoms with Crippen LogP contribution in [0.5, 0.6) is 0 Å². The Labute approximate surface area is 86.4 Å². The number of nitrogens with zero attached hydrogens (tertiary/aromatic N) is 3. The van der Waals surface area contributed by atoms with Crippen molar-refractivity contribution in [2.75, 3.05) is 5.73 Å². The van der Waals surface area contributed by atoms with Crippen LogP contribution in [0.15, 0.2) is 30.9 Å². The molecular formula is C9H9ClN4. The van der Waals surface area contributed by atoms with E-state index in [9.17, 15) is 0 Å². The van der Waals surface area contributed by atoms with Gasteiger partial charge < -0.3 is 10.3 Å². The number of halogens is 1. The Morgan fingerprint density at radius 3 is 3.00 bits per heavy atom. The third kappa shape index (κ3) is 1.85. The molecule has 0 unspecified atom stereocenters. The Morgan fingerprint density at radius 2 is 2.29 bits per heavy atom. The molecule has 0 saturated carbocycles. The Balaban J connectivity index is 2.28. The van der Waals surface area contributed by atoms with Gasteiger partial charge in [0, 0.05) is 12.4 Å². The first kappa shape index (κ1) is 9.02. The lowest BCUT2D eigenvalue weighted by Gasteiger charge is -2.04. The number of pyridine rings is 1. The van der Waals surface area contributed by atoms with Crippen LogP contribution in [0.3, 0.4) is 0 Å². The fraction of sp³-hybridized carbons (Fsp3) is 0.111. The van der Waals surface area contributed by atoms with E-state index in [4.69, 9.17) is 17.3 Å². The molecule has 2 N–H and O–H groups in total. The van der Waals surface area contributed by atoms with Crippen LogP contribution in [0, 0.1) is 0 Å². The van der Waals surface area contributed by atoms with Crippen LogP contribution in [0.4, 0.5) is 5.82 Å². The Bertz CT molecular complexity index is 424. The normalized spacial score (nSPS) is 10.4. The Morgan fingerprint density at radius 1 is 1.43 bits per heavy atom. The fourth-order valence-electron chi connectivity index (χ4n) is 1.17. The van der Waals surface area contributed by atoms with Gasteiger partial charge in [-0.1, -0.05) is 11.6 Å². The molecule has 2 heterocycles. The summed E-state index contributed by atoms with van der Waals surface area (Å²) in [5, 5.41) is 0.618. The first-order valence-electron chi connectivity index (χ1n) is 4.12. The topological polar surface area (TPSA) is 56.7 Å². The third-order valence-corrected chi connectivity index (χ3v) is 2.18. The van der Waals surface area contributed by atoms with Crippen molar-refractivity contribution in [3.8, 4) is 0 Å². The fourth-order valence-corrected chi connectivity index (χ4v) is 1.33. The van der Waals surface area contributed by atoms with Crippen LogP contribution in [0.25, 0.3) is 0 Å². The number of anilines is 1. The van der Waals surface area contributed by atoms with Gasteiger partial charge in [0.25, 0.3) is 0 Å². The molecular weight excluding hydrogens is 200 g/mol. The predicted molar refractivity (Wildman–Crippen MR) is 55.0 cm³/mol. The summed E-state index contributed by atoms with van der Waals surface area (Å²) in [6.45, 7) is 0.587. The monoisotopic (exact) mass is 208 g/mol. The second-order valence-corrected chi connectivity index (χ2v) is 3.31. The van der Waals surface area contributed by atoms with E-state index in [1.807, 2.05) is 10.8 Å². The smallest absolute Gasteiger partial charge is 0.123 e. The highest BCUT2D eigenvalue weighted by Gasteiger charge is 2.02. The minimum absolute atomic E-state index is 0.476. The van der Waals surface area contributed by atoms with Gasteiger partial charge in [0.1, 0.15) is 5.82 Å². The lowest BCUT2D eigenvalue weighted by molar-refractivity contribution is 0.775. The highest BCUT2D eigenvalue weighted by molar-refractivity contribution is 6.31. The summed E-state index contributed by atoms with van der Waals surface area (Å²) >= 11 is 5.96. The Hall–Kier alpha value is -1.55. The third-order valence-electron chi connectivity index (χ3n) is 1.83. The quantitative estimate of drug-likeness (QED) is 0.815. The van der Waals surface area contributed by atoms with Crippen molar-refractivity contribution >= 4 is 17.4 Å². The number of hydrogen-bond acceptors (Lipinski definition) is 3. The molecule has 2 aromatic rings. The highest BCUT2D eigenvalue weighted by atomic mass is 35.5. The lowest BCUT2D eigenvalue weighted by atomic mass is 10.3. The summed E-state index contributed by atoms with van der Waals surface area (Å²) in [6.07, 6.45) is 5.27. The zero-order valence-corrected chi connectivity index (χ0v) is 8.15. The number of nitrogen functional groups attached to an aromatic ring is 1. The van der Waals surface area contributed by atoms with Crippen molar-refractivity contribution < 1.29 is 0 Å². The molecule has 0 fully saturated rings. The van der Waals surface area contributed by atoms with E-state index in [2.05, 4.69) is 9.97 Å². The van der Waals surface area contributed by atoms with Crippen LogP contribution in [-0.4, -0.2) is 14.5 Å². The van der Waals surface area contributed by atoms with Gasteiger partial charge in [-0.05, 0) is 12.1 Å². The zero-order valence-electron chi connectivity index (χ0n) is 7.39. The summed E-state index contributed by atoms with van der Waals surface area (Å²) in [7, 11) is 0. The molecule has 5 heteroatoms. The maximum absolute atomic E-state index is 5.96. The minimum atomic E-state index is 0.476. The van der Waals surface area contributed by atoms with Crippen LogP contribution in [0.2, 0.25) is 5.02 Å². The van der Waals surface area contributed by atoms with Crippen LogP contribution >= 0.6 is 11.6 Å². The number of imidazole rings is 1. The van der Waals surface area contributed by atoms with Crippen molar-refractivity contribution in [3.05, 3.63) is 41.6 Å². The van der Waals surface area contributed by atoms with Gasteiger partial charge in [-0.25, -0.2) is 9.97 Å². The van der Waals surface area contributed by atoms with E-state index in [1.54, 1.807) is 24.7 Å². The first-order valence-corrected chi connectivity index (χ1v) is 4.50. The molecule has 0 amide bonds. The minimum Gasteiger partial charge on any atom is -0.384 e. The van der Waals surface area contributed by atoms with Gasteiger partial charge in [0.05, 0.1) is 23.6 Å². The SMILES string of the molecule is Nc1ccc(Cl)c(Cn2ccnc2)n1. The summed E-state index contributed by atoms with van der Waals surface area (Å²) in [4.78, 5) is 8.08. The summed E-state index contributed by atoms with van der Waals surface area (Å²) in [6, 6.07) is 3.43. The largest absolute Gasteiger partial charge is 0.384 e. The number of rotatable bonds is 2. The lowest BCUT2D eigenvalue weighted by Crippen LogP contribution is -2.02. The van der Waals surface area contributed by atoms with E-state index in [0.29, 0.717) is 17.4 Å². The standard InChI is InChI=1S/C9H9ClN4/c10-7-1-2-9(11)13-8(7)5-14-4-3-12-6-14/h1-4,6H,5H2,(H2,11,13). The van der Waals surface area contributed by atoms with Crippen molar-refractivity contribution in [1.29, 1.82) is 0 Å². The average molecular weight is 209 g/mol. The van der Waals surface area contributed by atoms with E-state index in [1.165, 1.54) is 0 Å². The van der Waals surface area contributed by atoms with Gasteiger partial charge in [0.15, 0.2) is 0 Å². The van der Waals surface area contributed by atoms with Crippen LogP contribution < -0.4 is 5.73 Å². The first-order chi connectivity index (χ1) is 6.75. The molecule has 0 aromatic carbocycles. The van der Waals surface area contributed by atoms with Crippen molar-refractivity contribution in [1.82, 2.24) is 14.5 Å². The van der Waals surface area contributed by atoms with Gasteiger partial charge in [-0.15, -0.1) is 0 Å². The maximum atomic E-state index is 5.96. The molecule has 2 rings (SSSR count). The van der Waals surface area contributed by atoms with Crippen LogP contribution in [-0.2, 0) is 6.54 Å². The maximum Gasteiger partial charge on any atom is 0.123 e. The molecule has 14 heavy (non-hydrogen) atoms. The second-order valence-electron chi connectivity index (χ2n) is 2.90. The highest BCUT2D eigenvalue weighted by Crippen LogP contribution is 2.15. The van der Waals surface area contributed by atoms with Crippen LogP contribution in [0.1, 0.15) is 5.69 Å². The van der Waals surface area contributed by atoms with Gasteiger partial charge in [0.2, 0.25) is 0 Å². The number of aromatic nitrogens is 3. The second kappa shape index (κ2) is 3.67. The van der Waals surface area contributed by atoms with Gasteiger partial charge in [-0.2, -0.15) is 0 Å². The molecule has 0 bridgehead atoms. The van der Waals surface area contributed by atoms with Gasteiger partial charge >= 0.3 is 0 Å². The van der Waals surface area contributed by atoms with E-state index < -0.39 is 0 Å². The molecule has 72 valence electrons. The zero-order chi connectivity index (χ0) is 9.97. The molecule has 0 saturated heterocycles. The molecule has 0 atom stereocenters. The molecule has 0 aliphatic rings. The predicted octanol–water partition coefficient (Wildman–Crippen LogP) is 1.56. The van der Waals surface area contributed by atoms with E-state index in [0.717, 1.165) is 5.69 Å². The molecule has 0 aliphatic heterocycles. The molecule has 0 aliphatic carbocycles. The number of nitrogens with two attached hydrogens (primary N) is 1. The van der Waals surface area contributed by atoms with Gasteiger partial charge in [-0.3, -0.25) is 0 Å². The number of hydrogen-bond donors (Lipinski definition) is 1. The van der Waals surface area contributed by atoms with Crippen molar-refractivity contribution in [2.45, 2.75) is 6.54 Å². The molecule has 0 spiro atoms. The molecule has 2 aromatic heterocycles. The van der Waals surface area contributed by atoms with E-state index in [-0.39, 0.29) is 0 Å². The van der Waals surface area contributed by atoms with Crippen molar-refractivity contribution in [2.24, 2.45) is 0 Å². The Kier molecular flexibility index (Phi) is 2.37. The van der Waals surface area contributed by atoms with E-state index >= 15 is 0 Å². The molecule has 0 radical (unpaired) electrons. The summed E-state index contributed by atoms with van der Waals surface area (Å²) in [5.41, 5.74) is 6.32. The van der Waals surface area contributed by atoms with Crippen molar-refractivity contribution in [3.63, 3.8) is 0 Å².